The van der Waals surface area contributed by atoms with Crippen LogP contribution in [-0.2, 0) is 0 Å². The van der Waals surface area contributed by atoms with Gasteiger partial charge in [-0.2, -0.15) is 0 Å². The molecular weight excluding hydrogens is 374 g/mol. The summed E-state index contributed by atoms with van der Waals surface area (Å²) in [5.41, 5.74) is 8.39. The van der Waals surface area contributed by atoms with E-state index in [9.17, 15) is 4.79 Å². The molecule has 1 heterocycles. The molecule has 0 aliphatic rings. The second-order valence-electron chi connectivity index (χ2n) is 3.98. The molecule has 0 spiro atoms. The highest BCUT2D eigenvalue weighted by Gasteiger charge is 2.13. The van der Waals surface area contributed by atoms with E-state index in [0.717, 1.165) is 14.5 Å². The average Bonchev–Trinajstić information content (AvgIpc) is 2.36. The molecule has 0 saturated carbocycles. The van der Waals surface area contributed by atoms with Gasteiger partial charge >= 0.3 is 0 Å². The Balaban J connectivity index is 2.33. The van der Waals surface area contributed by atoms with Crippen molar-refractivity contribution in [3.8, 4) is 0 Å². The van der Waals surface area contributed by atoms with Gasteiger partial charge in [0.1, 0.15) is 0 Å². The van der Waals surface area contributed by atoms with Gasteiger partial charge in [0.25, 0.3) is 5.91 Å². The van der Waals surface area contributed by atoms with Crippen molar-refractivity contribution < 1.29 is 4.79 Å². The molecule has 0 bridgehead atoms. The average molecular weight is 385 g/mol. The number of nitrogen functional groups attached to an aromatic ring is 1. The first kappa shape index (κ1) is 14.0. The number of carbonyl (C=O) groups is 1. The van der Waals surface area contributed by atoms with Gasteiger partial charge in [-0.3, -0.25) is 9.78 Å². The number of carbonyl (C=O) groups excluding carboxylic acids is 1. The van der Waals surface area contributed by atoms with Crippen LogP contribution in [0.3, 0.4) is 0 Å². The van der Waals surface area contributed by atoms with E-state index in [1.807, 2.05) is 6.92 Å². The molecule has 0 saturated heterocycles. The van der Waals surface area contributed by atoms with Crippen LogP contribution in [0, 0.1) is 6.92 Å². The van der Waals surface area contributed by atoms with Crippen molar-refractivity contribution in [3.63, 3.8) is 0 Å². The number of hydrogen-bond donors (Lipinski definition) is 2. The van der Waals surface area contributed by atoms with E-state index in [1.54, 1.807) is 30.6 Å². The summed E-state index contributed by atoms with van der Waals surface area (Å²) in [5.74, 6) is -0.211. The lowest BCUT2D eigenvalue weighted by Gasteiger charge is -2.11. The quantitative estimate of drug-likeness (QED) is 0.774. The summed E-state index contributed by atoms with van der Waals surface area (Å²) in [6.45, 7) is 1.82. The summed E-state index contributed by atoms with van der Waals surface area (Å²) >= 11 is 6.67. The molecule has 0 aliphatic carbocycles. The van der Waals surface area contributed by atoms with E-state index in [1.165, 1.54) is 0 Å². The molecule has 1 amide bonds. The molecule has 0 radical (unpaired) electrons. The van der Waals surface area contributed by atoms with Crippen LogP contribution < -0.4 is 11.1 Å². The molecule has 0 aliphatic heterocycles. The lowest BCUT2D eigenvalue weighted by molar-refractivity contribution is 0.102. The fraction of sp³-hybridized carbons (Fsp3) is 0.0769. The van der Waals surface area contributed by atoms with E-state index in [2.05, 4.69) is 42.2 Å². The standard InChI is InChI=1S/C13H11Br2N3O/c1-7-9(4-8(14)5-11(7)16)13(19)18-12-2-3-17-6-10(12)15/h2-6H,16H2,1H3,(H,17,18,19). The number of nitrogens with one attached hydrogen (secondary N) is 1. The highest BCUT2D eigenvalue weighted by Crippen LogP contribution is 2.25. The number of rotatable bonds is 2. The van der Waals surface area contributed by atoms with Crippen molar-refractivity contribution in [2.75, 3.05) is 11.1 Å². The van der Waals surface area contributed by atoms with Crippen LogP contribution in [0.4, 0.5) is 11.4 Å². The third kappa shape index (κ3) is 3.13. The van der Waals surface area contributed by atoms with Gasteiger partial charge in [-0.25, -0.2) is 0 Å². The fourth-order valence-electron chi connectivity index (χ4n) is 1.60. The smallest absolute Gasteiger partial charge is 0.256 e. The van der Waals surface area contributed by atoms with Gasteiger partial charge < -0.3 is 11.1 Å². The summed E-state index contributed by atoms with van der Waals surface area (Å²) < 4.78 is 1.50. The predicted octanol–water partition coefficient (Wildman–Crippen LogP) is 3.75. The molecule has 1 aromatic heterocycles. The van der Waals surface area contributed by atoms with Crippen LogP contribution >= 0.6 is 31.9 Å². The molecule has 3 N–H and O–H groups in total. The second-order valence-corrected chi connectivity index (χ2v) is 5.75. The van der Waals surface area contributed by atoms with Gasteiger partial charge in [-0.15, -0.1) is 0 Å². The minimum atomic E-state index is -0.211. The number of nitrogens with two attached hydrogens (primary N) is 1. The Morgan fingerprint density at radius 2 is 2.11 bits per heavy atom. The molecule has 1 aromatic carbocycles. The molecule has 98 valence electrons. The molecule has 0 atom stereocenters. The first-order valence-electron chi connectivity index (χ1n) is 5.45. The predicted molar refractivity (Wildman–Crippen MR) is 83.2 cm³/mol. The summed E-state index contributed by atoms with van der Waals surface area (Å²) in [6, 6.07) is 5.24. The minimum Gasteiger partial charge on any atom is -0.398 e. The Bertz CT molecular complexity index is 644. The van der Waals surface area contributed by atoms with Gasteiger partial charge in [0, 0.05) is 28.1 Å². The second kappa shape index (κ2) is 5.71. The molecule has 0 unspecified atom stereocenters. The van der Waals surface area contributed by atoms with E-state index < -0.39 is 0 Å². The SMILES string of the molecule is Cc1c(N)cc(Br)cc1C(=O)Nc1ccncc1Br. The van der Waals surface area contributed by atoms with Crippen molar-refractivity contribution in [2.45, 2.75) is 6.92 Å². The van der Waals surface area contributed by atoms with E-state index >= 15 is 0 Å². The largest absolute Gasteiger partial charge is 0.398 e. The number of halogens is 2. The molecule has 4 nitrogen and oxygen atoms in total. The zero-order valence-electron chi connectivity index (χ0n) is 10.1. The van der Waals surface area contributed by atoms with Gasteiger partial charge in [0.2, 0.25) is 0 Å². The van der Waals surface area contributed by atoms with Gasteiger partial charge in [-0.05, 0) is 46.6 Å². The Labute approximate surface area is 127 Å². The van der Waals surface area contributed by atoms with Gasteiger partial charge in [-0.1, -0.05) is 15.9 Å². The van der Waals surface area contributed by atoms with Gasteiger partial charge in [0.05, 0.1) is 10.2 Å². The van der Waals surface area contributed by atoms with Crippen LogP contribution in [0.5, 0.6) is 0 Å². The van der Waals surface area contributed by atoms with Crippen LogP contribution in [0.2, 0.25) is 0 Å². The highest BCUT2D eigenvalue weighted by atomic mass is 79.9. The Hall–Kier alpha value is -1.40. The maximum absolute atomic E-state index is 12.3. The molecular formula is C13H11Br2N3O. The molecule has 2 rings (SSSR count). The number of anilines is 2. The maximum atomic E-state index is 12.3. The van der Waals surface area contributed by atoms with Crippen molar-refractivity contribution in [1.29, 1.82) is 0 Å². The number of pyridine rings is 1. The lowest BCUT2D eigenvalue weighted by Crippen LogP contribution is -2.14. The number of amides is 1. The third-order valence-corrected chi connectivity index (χ3v) is 3.77. The van der Waals surface area contributed by atoms with Crippen molar-refractivity contribution in [2.24, 2.45) is 0 Å². The third-order valence-electron chi connectivity index (χ3n) is 2.68. The first-order valence-corrected chi connectivity index (χ1v) is 7.04. The first-order chi connectivity index (χ1) is 8.99. The summed E-state index contributed by atoms with van der Waals surface area (Å²) in [5, 5.41) is 2.82. The van der Waals surface area contributed by atoms with Gasteiger partial charge in [0.15, 0.2) is 0 Å². The number of nitrogens with zero attached hydrogens (tertiary/aromatic N) is 1. The number of benzene rings is 1. The van der Waals surface area contributed by atoms with Crippen molar-refractivity contribution in [3.05, 3.63) is 50.7 Å². The normalized spacial score (nSPS) is 10.3. The molecule has 19 heavy (non-hydrogen) atoms. The zero-order chi connectivity index (χ0) is 14.0. The van der Waals surface area contributed by atoms with Crippen LogP contribution in [-0.4, -0.2) is 10.9 Å². The Kier molecular flexibility index (Phi) is 4.21. The topological polar surface area (TPSA) is 68.0 Å². The Morgan fingerprint density at radius 3 is 2.79 bits per heavy atom. The minimum absolute atomic E-state index is 0.211. The lowest BCUT2D eigenvalue weighted by atomic mass is 10.1. The summed E-state index contributed by atoms with van der Waals surface area (Å²) in [4.78, 5) is 16.2. The number of aromatic nitrogens is 1. The molecule has 6 heteroatoms. The van der Waals surface area contributed by atoms with E-state index in [4.69, 9.17) is 5.73 Å². The van der Waals surface area contributed by atoms with Crippen LogP contribution in [0.15, 0.2) is 39.5 Å². The number of hydrogen-bond acceptors (Lipinski definition) is 3. The van der Waals surface area contributed by atoms with E-state index in [0.29, 0.717) is 16.9 Å². The highest BCUT2D eigenvalue weighted by molar-refractivity contribution is 9.10. The van der Waals surface area contributed by atoms with E-state index in [-0.39, 0.29) is 5.91 Å². The van der Waals surface area contributed by atoms with Crippen LogP contribution in [0.25, 0.3) is 0 Å². The van der Waals surface area contributed by atoms with Crippen molar-refractivity contribution in [1.82, 2.24) is 4.98 Å². The monoisotopic (exact) mass is 383 g/mol. The fourth-order valence-corrected chi connectivity index (χ4v) is 2.43. The summed E-state index contributed by atoms with van der Waals surface area (Å²) in [7, 11) is 0. The van der Waals surface area contributed by atoms with Crippen molar-refractivity contribution >= 4 is 49.1 Å². The van der Waals surface area contributed by atoms with Crippen LogP contribution in [0.1, 0.15) is 15.9 Å². The zero-order valence-corrected chi connectivity index (χ0v) is 13.2. The Morgan fingerprint density at radius 1 is 1.37 bits per heavy atom. The molecule has 2 aromatic rings. The summed E-state index contributed by atoms with van der Waals surface area (Å²) in [6.07, 6.45) is 3.24. The maximum Gasteiger partial charge on any atom is 0.256 e. The molecule has 0 fully saturated rings.